The predicted molar refractivity (Wildman–Crippen MR) is 193 cm³/mol. The molecule has 0 rings (SSSR count). The van der Waals surface area contributed by atoms with E-state index in [0.29, 0.717) is 0 Å². The Hall–Kier alpha value is 2.79. The Morgan fingerprint density at radius 3 is 0.750 bits per heavy atom. The maximum absolute atomic E-state index is 9.29. The first-order valence-corrected chi connectivity index (χ1v) is 21.3. The van der Waals surface area contributed by atoms with Crippen LogP contribution in [-0.4, -0.2) is 0 Å². The summed E-state index contributed by atoms with van der Waals surface area (Å²) < 4.78 is 0. The second-order valence-corrected chi connectivity index (χ2v) is 16.5. The topological polar surface area (TPSA) is 46.1 Å². The van der Waals surface area contributed by atoms with E-state index in [1.807, 2.05) is 0 Å². The van der Waals surface area contributed by atoms with Gasteiger partial charge < -0.3 is 48.5 Å². The van der Waals surface area contributed by atoms with E-state index in [2.05, 4.69) is 86.4 Å². The fourth-order valence-electron chi connectivity index (χ4n) is 4.49. The van der Waals surface area contributed by atoms with Crippen molar-refractivity contribution in [1.82, 2.24) is 0 Å². The standard InChI is InChI=1S/3C12H25.H3O2PS2.3Zn/c3*1-4-6-8-9-11-12(3)10-7-5-2;1-3(2,4)5;;;/h3*12H,3-11H2,1-2H3;(H3,1,2,4,5);;;/q3*-1;;3*+2/p-3. The molecule has 0 N–H and O–H groups in total. The van der Waals surface area contributed by atoms with Gasteiger partial charge in [0.2, 0.25) is 0 Å². The van der Waals surface area contributed by atoms with Gasteiger partial charge in [-0.2, -0.15) is 29.6 Å². The van der Waals surface area contributed by atoms with Crippen LogP contribution in [-0.2, 0) is 82.5 Å². The average molecular weight is 831 g/mol. The zero-order valence-electron chi connectivity index (χ0n) is 31.0. The Balaban J connectivity index is -0.0000000839. The van der Waals surface area contributed by atoms with Gasteiger partial charge in [0.1, 0.15) is 0 Å². The van der Waals surface area contributed by atoms with Crippen molar-refractivity contribution in [2.45, 2.75) is 196 Å². The predicted octanol–water partition coefficient (Wildman–Crippen LogP) is 12.3. The van der Waals surface area contributed by atoms with Gasteiger partial charge in [-0.15, -0.1) is 0 Å². The smallest absolute Gasteiger partial charge is 0.850 e. The maximum Gasteiger partial charge on any atom is 2.00 e. The molecule has 254 valence electrons. The van der Waals surface area contributed by atoms with Gasteiger partial charge in [-0.25, -0.2) is 0 Å². The van der Waals surface area contributed by atoms with Crippen LogP contribution >= 0.6 is 5.69 Å². The van der Waals surface area contributed by atoms with Gasteiger partial charge in [-0.1, -0.05) is 196 Å². The molecule has 0 spiro atoms. The third kappa shape index (κ3) is 79.9. The number of hydrogen-bond donors (Lipinski definition) is 0. The summed E-state index contributed by atoms with van der Waals surface area (Å²) in [4.78, 5) is 18.6. The summed E-state index contributed by atoms with van der Waals surface area (Å²) in [5.41, 5.74) is -3.72. The summed E-state index contributed by atoms with van der Waals surface area (Å²) in [6.07, 6.45) is 32.8. The van der Waals surface area contributed by atoms with Crippen molar-refractivity contribution in [1.29, 1.82) is 0 Å². The molecule has 0 aromatic heterocycles. The minimum Gasteiger partial charge on any atom is -0.850 e. The van der Waals surface area contributed by atoms with Crippen molar-refractivity contribution < 1.29 is 68.2 Å². The van der Waals surface area contributed by atoms with E-state index in [4.69, 9.17) is 0 Å². The van der Waals surface area contributed by atoms with Crippen LogP contribution in [0.15, 0.2) is 0 Å². The van der Waals surface area contributed by atoms with Gasteiger partial charge in [0.15, 0.2) is 0 Å². The Kier molecular flexibility index (Phi) is 74.1. The SMILES string of the molecule is [CH2-]C(CCCC)CCCCCC.[CH2-]C(CCCC)CCCCCC.[CH2-]C(CCCC)CCCCCC.[O-]P([O-])(=S)[S-].[Zn+2].[Zn+2].[Zn+2]. The third-order valence-corrected chi connectivity index (χ3v) is 7.30. The molecule has 0 aromatic rings. The molecule has 0 aromatic carbocycles. The minimum atomic E-state index is -3.72. The molecule has 0 aliphatic carbocycles. The first kappa shape index (κ1) is 62.0. The van der Waals surface area contributed by atoms with Crippen LogP contribution in [0.1, 0.15) is 196 Å². The van der Waals surface area contributed by atoms with E-state index in [1.54, 1.807) is 0 Å². The molecule has 0 saturated carbocycles. The summed E-state index contributed by atoms with van der Waals surface area (Å²) in [6, 6.07) is 0. The summed E-state index contributed by atoms with van der Waals surface area (Å²) in [5, 5.41) is 0. The summed E-state index contributed by atoms with van der Waals surface area (Å²) >= 11 is 7.28. The molecule has 0 saturated heterocycles. The molecule has 0 heterocycles. The van der Waals surface area contributed by atoms with Crippen molar-refractivity contribution in [2.75, 3.05) is 0 Å². The molecular weight excluding hydrogens is 756 g/mol. The van der Waals surface area contributed by atoms with Crippen LogP contribution in [0, 0.1) is 38.5 Å². The minimum absolute atomic E-state index is 0. The van der Waals surface area contributed by atoms with Crippen molar-refractivity contribution in [3.8, 4) is 0 Å². The summed E-state index contributed by atoms with van der Waals surface area (Å²) in [7, 11) is 0. The van der Waals surface area contributed by atoms with E-state index < -0.39 is 5.69 Å². The molecular formula is C36H75O2PS2Zn3. The molecule has 44 heavy (non-hydrogen) atoms. The van der Waals surface area contributed by atoms with Gasteiger partial charge in [0.05, 0.1) is 0 Å². The van der Waals surface area contributed by atoms with Gasteiger partial charge in [-0.3, -0.25) is 0 Å². The molecule has 0 radical (unpaired) electrons. The van der Waals surface area contributed by atoms with Crippen LogP contribution in [0.3, 0.4) is 0 Å². The molecule has 3 atom stereocenters. The van der Waals surface area contributed by atoms with Crippen LogP contribution < -0.4 is 9.79 Å². The molecule has 0 aliphatic heterocycles. The zero-order valence-corrected chi connectivity index (χ0v) is 42.5. The van der Waals surface area contributed by atoms with E-state index >= 15 is 0 Å². The van der Waals surface area contributed by atoms with E-state index in [0.717, 1.165) is 17.8 Å². The van der Waals surface area contributed by atoms with Gasteiger partial charge >= 0.3 is 58.4 Å². The van der Waals surface area contributed by atoms with Gasteiger partial charge in [-0.05, 0) is 0 Å². The molecule has 3 unspecified atom stereocenters. The van der Waals surface area contributed by atoms with Gasteiger partial charge in [0.25, 0.3) is 0 Å². The summed E-state index contributed by atoms with van der Waals surface area (Å²) in [5.74, 6) is 2.17. The number of hydrogen-bond acceptors (Lipinski definition) is 4. The second-order valence-electron chi connectivity index (χ2n) is 12.0. The Bertz CT molecular complexity index is 439. The molecule has 2 nitrogen and oxygen atoms in total. The van der Waals surface area contributed by atoms with Crippen LogP contribution in [0.4, 0.5) is 0 Å². The molecule has 0 bridgehead atoms. The number of rotatable bonds is 24. The summed E-state index contributed by atoms with van der Waals surface area (Å²) in [6.45, 7) is 26.1. The van der Waals surface area contributed by atoms with E-state index in [9.17, 15) is 9.79 Å². The van der Waals surface area contributed by atoms with Crippen molar-refractivity contribution in [3.63, 3.8) is 0 Å². The largest absolute Gasteiger partial charge is 2.00 e. The van der Waals surface area contributed by atoms with Crippen LogP contribution in [0.5, 0.6) is 0 Å². The van der Waals surface area contributed by atoms with Crippen LogP contribution in [0.25, 0.3) is 0 Å². The molecule has 0 aliphatic rings. The molecule has 0 fully saturated rings. The van der Waals surface area contributed by atoms with E-state index in [-0.39, 0.29) is 58.4 Å². The first-order valence-electron chi connectivity index (χ1n) is 17.6. The van der Waals surface area contributed by atoms with Gasteiger partial charge in [0, 0.05) is 0 Å². The van der Waals surface area contributed by atoms with E-state index in [1.165, 1.54) is 154 Å². The molecule has 8 heteroatoms. The molecule has 0 amide bonds. The van der Waals surface area contributed by atoms with Crippen molar-refractivity contribution in [3.05, 3.63) is 20.8 Å². The monoisotopic (exact) mass is 826 g/mol. The normalized spacial score (nSPS) is 12.2. The quantitative estimate of drug-likeness (QED) is 0.0320. The van der Waals surface area contributed by atoms with Crippen LogP contribution in [0.2, 0.25) is 0 Å². The zero-order chi connectivity index (χ0) is 32.2. The Morgan fingerprint density at radius 1 is 0.432 bits per heavy atom. The first-order chi connectivity index (χ1) is 19.4. The number of unbranched alkanes of at least 4 members (excludes halogenated alkanes) is 12. The van der Waals surface area contributed by atoms with Crippen molar-refractivity contribution in [2.24, 2.45) is 17.8 Å². The fourth-order valence-corrected chi connectivity index (χ4v) is 4.49. The Labute approximate surface area is 329 Å². The second kappa shape index (κ2) is 52.6. The van der Waals surface area contributed by atoms with Crippen molar-refractivity contribution >= 4 is 29.7 Å². The maximum atomic E-state index is 9.29. The Morgan fingerprint density at radius 2 is 0.591 bits per heavy atom. The third-order valence-electron chi connectivity index (χ3n) is 7.30. The fraction of sp³-hybridized carbons (Fsp3) is 0.917. The average Bonchev–Trinajstić information content (AvgIpc) is 2.92.